The molecule has 0 spiro atoms. The van der Waals surface area contributed by atoms with Gasteiger partial charge in [0, 0.05) is 26.2 Å². The normalized spacial score (nSPS) is 25.0. The minimum Gasteiger partial charge on any atom is -0.378 e. The molecular weight excluding hydrogens is 300 g/mol. The zero-order valence-corrected chi connectivity index (χ0v) is 13.4. The number of hydrogen-bond donors (Lipinski definition) is 1. The van der Waals surface area contributed by atoms with Crippen LogP contribution in [0.5, 0.6) is 0 Å². The third-order valence-corrected chi connectivity index (χ3v) is 4.17. The van der Waals surface area contributed by atoms with Gasteiger partial charge in [-0.05, 0) is 26.7 Å². The van der Waals surface area contributed by atoms with E-state index < -0.39 is 4.92 Å². The monoisotopic (exact) mass is 322 g/mol. The van der Waals surface area contributed by atoms with Crippen LogP contribution in [-0.4, -0.2) is 53.3 Å². The van der Waals surface area contributed by atoms with E-state index in [0.29, 0.717) is 24.9 Å². The van der Waals surface area contributed by atoms with E-state index in [9.17, 15) is 10.1 Å². The number of anilines is 3. The van der Waals surface area contributed by atoms with Crippen LogP contribution >= 0.6 is 0 Å². The lowest BCUT2D eigenvalue weighted by molar-refractivity contribution is -0.383. The highest BCUT2D eigenvalue weighted by Gasteiger charge is 2.31. The van der Waals surface area contributed by atoms with E-state index in [1.165, 1.54) is 0 Å². The van der Waals surface area contributed by atoms with Crippen molar-refractivity contribution in [1.82, 2.24) is 9.97 Å². The van der Waals surface area contributed by atoms with Crippen LogP contribution in [0.4, 0.5) is 23.3 Å². The van der Waals surface area contributed by atoms with Gasteiger partial charge in [-0.1, -0.05) is 0 Å². The lowest BCUT2D eigenvalue weighted by atomic mass is 10.2. The molecule has 1 aromatic heterocycles. The smallest absolute Gasteiger partial charge is 0.353 e. The number of morpholine rings is 1. The average molecular weight is 322 g/mol. The molecule has 3 rings (SSSR count). The molecule has 0 aliphatic carbocycles. The summed E-state index contributed by atoms with van der Waals surface area (Å²) in [5, 5.41) is 11.4. The van der Waals surface area contributed by atoms with Crippen LogP contribution in [0, 0.1) is 10.1 Å². The summed E-state index contributed by atoms with van der Waals surface area (Å²) in [6.07, 6.45) is 2.10. The zero-order valence-electron chi connectivity index (χ0n) is 13.4. The molecule has 2 saturated heterocycles. The Balaban J connectivity index is 2.00. The highest BCUT2D eigenvalue weighted by atomic mass is 16.6. The molecule has 3 heterocycles. The standard InChI is InChI=1S/C14H22N6O3/c1-9-7-19(8-10(2)23-9)14-16-12(15)11(20(21)22)13(17-14)18-5-3-4-6-18/h9-10H,3-8H2,1-2H3,(H2,15,16,17)/t9-,10-/m0/s1. The molecular formula is C14H22N6O3. The summed E-state index contributed by atoms with van der Waals surface area (Å²) in [6, 6.07) is 0. The number of nitrogen functional groups attached to an aromatic ring is 1. The summed E-state index contributed by atoms with van der Waals surface area (Å²) in [6.45, 7) is 6.76. The van der Waals surface area contributed by atoms with Gasteiger partial charge < -0.3 is 20.3 Å². The van der Waals surface area contributed by atoms with Crippen LogP contribution in [0.25, 0.3) is 0 Å². The molecule has 2 atom stereocenters. The molecule has 0 amide bonds. The maximum absolute atomic E-state index is 11.4. The molecule has 23 heavy (non-hydrogen) atoms. The molecule has 0 aromatic carbocycles. The van der Waals surface area contributed by atoms with E-state index in [0.717, 1.165) is 25.9 Å². The number of nitro groups is 1. The molecule has 0 unspecified atom stereocenters. The first-order valence-electron chi connectivity index (χ1n) is 7.93. The molecule has 0 radical (unpaired) electrons. The fourth-order valence-corrected chi connectivity index (χ4v) is 3.26. The molecule has 2 aliphatic heterocycles. The Bertz CT molecular complexity index is 594. The van der Waals surface area contributed by atoms with Crippen molar-refractivity contribution in [1.29, 1.82) is 0 Å². The first kappa shape index (κ1) is 15.7. The van der Waals surface area contributed by atoms with Crippen LogP contribution in [0.1, 0.15) is 26.7 Å². The van der Waals surface area contributed by atoms with Gasteiger partial charge in [-0.3, -0.25) is 10.1 Å². The van der Waals surface area contributed by atoms with Crippen molar-refractivity contribution in [3.63, 3.8) is 0 Å². The van der Waals surface area contributed by atoms with Gasteiger partial charge in [0.2, 0.25) is 17.6 Å². The van der Waals surface area contributed by atoms with E-state index >= 15 is 0 Å². The van der Waals surface area contributed by atoms with Crippen LogP contribution in [0.3, 0.4) is 0 Å². The Kier molecular flexibility index (Phi) is 4.20. The van der Waals surface area contributed by atoms with Crippen LogP contribution in [0.15, 0.2) is 0 Å². The van der Waals surface area contributed by atoms with E-state index in [4.69, 9.17) is 10.5 Å². The molecule has 126 valence electrons. The van der Waals surface area contributed by atoms with Gasteiger partial charge in [0.1, 0.15) is 0 Å². The Labute approximate surface area is 134 Å². The Morgan fingerprint density at radius 1 is 1.17 bits per heavy atom. The SMILES string of the molecule is C[C@H]1CN(c2nc(N)c([N+](=O)[O-])c(N3CCCC3)n2)C[C@H](C)O1. The van der Waals surface area contributed by atoms with Crippen molar-refractivity contribution >= 4 is 23.3 Å². The molecule has 0 saturated carbocycles. The fraction of sp³-hybridized carbons (Fsp3) is 0.714. The van der Waals surface area contributed by atoms with Crippen LogP contribution in [0.2, 0.25) is 0 Å². The fourth-order valence-electron chi connectivity index (χ4n) is 3.26. The minimum atomic E-state index is -0.489. The summed E-state index contributed by atoms with van der Waals surface area (Å²) < 4.78 is 5.71. The second kappa shape index (κ2) is 6.15. The third-order valence-electron chi connectivity index (χ3n) is 4.17. The first-order valence-corrected chi connectivity index (χ1v) is 7.93. The van der Waals surface area contributed by atoms with Gasteiger partial charge in [-0.15, -0.1) is 0 Å². The average Bonchev–Trinajstić information content (AvgIpc) is 2.98. The molecule has 1 aromatic rings. The van der Waals surface area contributed by atoms with E-state index in [-0.39, 0.29) is 23.7 Å². The number of hydrogen-bond acceptors (Lipinski definition) is 8. The zero-order chi connectivity index (χ0) is 16.6. The van der Waals surface area contributed by atoms with Crippen LogP contribution < -0.4 is 15.5 Å². The molecule has 2 aliphatic rings. The van der Waals surface area contributed by atoms with Gasteiger partial charge in [0.25, 0.3) is 0 Å². The molecule has 2 N–H and O–H groups in total. The highest BCUT2D eigenvalue weighted by molar-refractivity contribution is 5.71. The van der Waals surface area contributed by atoms with Crippen molar-refractivity contribution in [3.8, 4) is 0 Å². The number of rotatable bonds is 3. The minimum absolute atomic E-state index is 0.0500. The number of aromatic nitrogens is 2. The van der Waals surface area contributed by atoms with Crippen molar-refractivity contribution < 1.29 is 9.66 Å². The maximum Gasteiger partial charge on any atom is 0.353 e. The lowest BCUT2D eigenvalue weighted by Gasteiger charge is -2.35. The van der Waals surface area contributed by atoms with Crippen molar-refractivity contribution in [3.05, 3.63) is 10.1 Å². The second-order valence-corrected chi connectivity index (χ2v) is 6.19. The van der Waals surface area contributed by atoms with Gasteiger partial charge in [-0.25, -0.2) is 0 Å². The summed E-state index contributed by atoms with van der Waals surface area (Å²) in [5.74, 6) is 0.701. The molecule has 2 fully saturated rings. The predicted molar refractivity (Wildman–Crippen MR) is 86.8 cm³/mol. The number of nitrogens with zero attached hydrogens (tertiary/aromatic N) is 5. The topological polar surface area (TPSA) is 111 Å². The second-order valence-electron chi connectivity index (χ2n) is 6.19. The van der Waals surface area contributed by atoms with Crippen molar-refractivity contribution in [2.45, 2.75) is 38.9 Å². The van der Waals surface area contributed by atoms with Gasteiger partial charge in [0.05, 0.1) is 17.1 Å². The van der Waals surface area contributed by atoms with E-state index in [2.05, 4.69) is 9.97 Å². The van der Waals surface area contributed by atoms with Gasteiger partial charge >= 0.3 is 5.69 Å². The predicted octanol–water partition coefficient (Wildman–Crippen LogP) is 1.18. The van der Waals surface area contributed by atoms with E-state index in [1.54, 1.807) is 0 Å². The van der Waals surface area contributed by atoms with Gasteiger partial charge in [-0.2, -0.15) is 9.97 Å². The number of nitrogens with two attached hydrogens (primary N) is 1. The quantitative estimate of drug-likeness (QED) is 0.652. The maximum atomic E-state index is 11.4. The third kappa shape index (κ3) is 3.14. The highest BCUT2D eigenvalue weighted by Crippen LogP contribution is 2.35. The van der Waals surface area contributed by atoms with Crippen molar-refractivity contribution in [2.24, 2.45) is 0 Å². The summed E-state index contributed by atoms with van der Waals surface area (Å²) in [7, 11) is 0. The van der Waals surface area contributed by atoms with E-state index in [1.807, 2.05) is 23.6 Å². The first-order chi connectivity index (χ1) is 11.0. The van der Waals surface area contributed by atoms with Gasteiger partial charge in [0.15, 0.2) is 0 Å². The van der Waals surface area contributed by atoms with Crippen molar-refractivity contribution in [2.75, 3.05) is 41.7 Å². The Hall–Kier alpha value is -2.16. The Morgan fingerprint density at radius 2 is 1.78 bits per heavy atom. The summed E-state index contributed by atoms with van der Waals surface area (Å²) >= 11 is 0. The van der Waals surface area contributed by atoms with Crippen LogP contribution in [-0.2, 0) is 4.74 Å². The molecule has 9 heteroatoms. The summed E-state index contributed by atoms with van der Waals surface area (Å²) in [5.41, 5.74) is 5.70. The largest absolute Gasteiger partial charge is 0.378 e. The summed E-state index contributed by atoms with van der Waals surface area (Å²) in [4.78, 5) is 23.5. The molecule has 0 bridgehead atoms. The number of ether oxygens (including phenoxy) is 1. The Morgan fingerprint density at radius 3 is 2.35 bits per heavy atom. The molecule has 9 nitrogen and oxygen atoms in total. The lowest BCUT2D eigenvalue weighted by Crippen LogP contribution is -2.46.